The molecule has 0 spiro atoms. The van der Waals surface area contributed by atoms with Crippen molar-refractivity contribution in [3.63, 3.8) is 0 Å². The second-order valence-electron chi connectivity index (χ2n) is 5.01. The van der Waals surface area contributed by atoms with Gasteiger partial charge in [-0.05, 0) is 24.3 Å². The first-order chi connectivity index (χ1) is 10.6. The maximum atomic E-state index is 12.4. The average Bonchev–Trinajstić information content (AvgIpc) is 2.90. The summed E-state index contributed by atoms with van der Waals surface area (Å²) in [6.07, 6.45) is 0. The maximum absolute atomic E-state index is 12.4. The normalized spacial score (nSPS) is 11.3. The van der Waals surface area contributed by atoms with E-state index in [0.717, 1.165) is 11.0 Å². The van der Waals surface area contributed by atoms with Gasteiger partial charge in [0.25, 0.3) is 5.56 Å². The Hall–Kier alpha value is -2.79. The van der Waals surface area contributed by atoms with E-state index in [1.807, 2.05) is 24.3 Å². The van der Waals surface area contributed by atoms with E-state index in [4.69, 9.17) is 17.3 Å². The summed E-state index contributed by atoms with van der Waals surface area (Å²) in [6.45, 7) is 0. The number of aromatic nitrogens is 3. The molecule has 108 valence electrons. The van der Waals surface area contributed by atoms with E-state index in [2.05, 4.69) is 15.0 Å². The van der Waals surface area contributed by atoms with E-state index >= 15 is 0 Å². The lowest BCUT2D eigenvalue weighted by molar-refractivity contribution is 1.25. The highest BCUT2D eigenvalue weighted by molar-refractivity contribution is 6.36. The number of hydrogen-bond acceptors (Lipinski definition) is 3. The number of halogens is 1. The number of nitrogens with one attached hydrogen (secondary N) is 2. The number of nitrogen functional groups attached to an aromatic ring is 1. The first kappa shape index (κ1) is 12.9. The van der Waals surface area contributed by atoms with Crippen molar-refractivity contribution in [1.29, 1.82) is 0 Å². The lowest BCUT2D eigenvalue weighted by atomic mass is 10.1. The van der Waals surface area contributed by atoms with E-state index < -0.39 is 0 Å². The topological polar surface area (TPSA) is 87.6 Å². The molecule has 6 heteroatoms. The molecule has 0 radical (unpaired) electrons. The Balaban J connectivity index is 2.10. The van der Waals surface area contributed by atoms with Gasteiger partial charge in [-0.2, -0.15) is 0 Å². The molecule has 0 atom stereocenters. The Morgan fingerprint density at radius 2 is 1.77 bits per heavy atom. The molecule has 2 heterocycles. The Bertz CT molecular complexity index is 1050. The molecular formula is C16H11ClN4O. The third-order valence-corrected chi connectivity index (χ3v) is 3.97. The molecule has 5 nitrogen and oxygen atoms in total. The molecular weight excluding hydrogens is 300 g/mol. The number of aromatic amines is 2. The molecule has 0 aliphatic heterocycles. The Kier molecular flexibility index (Phi) is 2.71. The molecule has 22 heavy (non-hydrogen) atoms. The molecule has 0 fully saturated rings. The van der Waals surface area contributed by atoms with Crippen LogP contribution >= 0.6 is 11.6 Å². The number of H-pyrrole nitrogens is 2. The Morgan fingerprint density at radius 1 is 1.00 bits per heavy atom. The first-order valence-corrected chi connectivity index (χ1v) is 7.08. The highest BCUT2D eigenvalue weighted by Crippen LogP contribution is 2.32. The standard InChI is InChI=1S/C16H11ClN4O/c17-8-4-3-7-11-12(8)14(18)13(16(22)21-11)15-19-9-5-1-2-6-10(9)20-15/h1-7H,(H,19,20)(H3,18,21,22). The number of para-hydroxylation sites is 2. The Morgan fingerprint density at radius 3 is 2.59 bits per heavy atom. The van der Waals surface area contributed by atoms with Gasteiger partial charge in [0.1, 0.15) is 11.4 Å². The third kappa shape index (κ3) is 1.79. The average molecular weight is 311 g/mol. The second-order valence-corrected chi connectivity index (χ2v) is 5.41. The summed E-state index contributed by atoms with van der Waals surface area (Å²) in [5, 5.41) is 1.11. The molecule has 0 saturated heterocycles. The molecule has 0 amide bonds. The van der Waals surface area contributed by atoms with Gasteiger partial charge in [-0.25, -0.2) is 4.98 Å². The number of anilines is 1. The van der Waals surface area contributed by atoms with Gasteiger partial charge >= 0.3 is 0 Å². The molecule has 0 aliphatic carbocycles. The van der Waals surface area contributed by atoms with Crippen LogP contribution in [0, 0.1) is 0 Å². The van der Waals surface area contributed by atoms with Crippen molar-refractivity contribution in [3.8, 4) is 11.4 Å². The van der Waals surface area contributed by atoms with Crippen molar-refractivity contribution in [1.82, 2.24) is 15.0 Å². The van der Waals surface area contributed by atoms with Gasteiger partial charge in [0, 0.05) is 5.39 Å². The van der Waals surface area contributed by atoms with Crippen LogP contribution in [0.5, 0.6) is 0 Å². The van der Waals surface area contributed by atoms with Crippen molar-refractivity contribution < 1.29 is 0 Å². The highest BCUT2D eigenvalue weighted by atomic mass is 35.5. The summed E-state index contributed by atoms with van der Waals surface area (Å²) in [7, 11) is 0. The molecule has 2 aromatic heterocycles. The van der Waals surface area contributed by atoms with E-state index in [9.17, 15) is 4.79 Å². The van der Waals surface area contributed by atoms with Gasteiger partial charge in [-0.1, -0.05) is 29.8 Å². The fourth-order valence-electron chi connectivity index (χ4n) is 2.64. The molecule has 4 rings (SSSR count). The van der Waals surface area contributed by atoms with Gasteiger partial charge < -0.3 is 15.7 Å². The van der Waals surface area contributed by atoms with Crippen LogP contribution in [0.25, 0.3) is 33.3 Å². The zero-order valence-corrected chi connectivity index (χ0v) is 12.1. The number of rotatable bonds is 1. The quantitative estimate of drug-likeness (QED) is 0.504. The number of hydrogen-bond donors (Lipinski definition) is 3. The Labute approximate surface area is 129 Å². The van der Waals surface area contributed by atoms with Crippen LogP contribution in [0.1, 0.15) is 0 Å². The lowest BCUT2D eigenvalue weighted by Gasteiger charge is -2.08. The summed E-state index contributed by atoms with van der Waals surface area (Å²) in [5.74, 6) is 0.432. The van der Waals surface area contributed by atoms with E-state index in [1.165, 1.54) is 0 Å². The first-order valence-electron chi connectivity index (χ1n) is 6.70. The molecule has 0 unspecified atom stereocenters. The van der Waals surface area contributed by atoms with Crippen LogP contribution in [0.4, 0.5) is 5.69 Å². The van der Waals surface area contributed by atoms with E-state index in [-0.39, 0.29) is 5.56 Å². The number of fused-ring (bicyclic) bond motifs is 2. The van der Waals surface area contributed by atoms with Crippen LogP contribution < -0.4 is 11.3 Å². The molecule has 0 bridgehead atoms. The van der Waals surface area contributed by atoms with Crippen LogP contribution in [-0.2, 0) is 0 Å². The molecule has 2 aromatic carbocycles. The van der Waals surface area contributed by atoms with Gasteiger partial charge in [-0.3, -0.25) is 4.79 Å². The zero-order valence-electron chi connectivity index (χ0n) is 11.4. The SMILES string of the molecule is Nc1c(-c2nc3ccccc3[nH]2)c(=O)[nH]c2cccc(Cl)c12. The predicted octanol–water partition coefficient (Wildman–Crippen LogP) is 3.31. The summed E-state index contributed by atoms with van der Waals surface area (Å²) in [6, 6.07) is 12.8. The van der Waals surface area contributed by atoms with Crippen LogP contribution in [0.2, 0.25) is 5.02 Å². The number of nitrogens with two attached hydrogens (primary N) is 1. The fourth-order valence-corrected chi connectivity index (χ4v) is 2.92. The fraction of sp³-hybridized carbons (Fsp3) is 0. The molecule has 0 aliphatic rings. The second kappa shape index (κ2) is 4.61. The van der Waals surface area contributed by atoms with Gasteiger partial charge in [0.05, 0.1) is 27.3 Å². The molecule has 0 saturated carbocycles. The van der Waals surface area contributed by atoms with Crippen molar-refractivity contribution in [2.24, 2.45) is 0 Å². The van der Waals surface area contributed by atoms with Crippen molar-refractivity contribution >= 4 is 39.2 Å². The number of benzene rings is 2. The largest absolute Gasteiger partial charge is 0.397 e. The van der Waals surface area contributed by atoms with Crippen LogP contribution in [-0.4, -0.2) is 15.0 Å². The molecule has 4 N–H and O–H groups in total. The number of pyridine rings is 1. The van der Waals surface area contributed by atoms with Crippen molar-refractivity contribution in [2.45, 2.75) is 0 Å². The monoisotopic (exact) mass is 310 g/mol. The van der Waals surface area contributed by atoms with Gasteiger partial charge in [0.15, 0.2) is 0 Å². The lowest BCUT2D eigenvalue weighted by Crippen LogP contribution is -2.13. The minimum Gasteiger partial charge on any atom is -0.397 e. The van der Waals surface area contributed by atoms with Crippen molar-refractivity contribution in [2.75, 3.05) is 5.73 Å². The van der Waals surface area contributed by atoms with Gasteiger partial charge in [-0.15, -0.1) is 0 Å². The van der Waals surface area contributed by atoms with Crippen molar-refractivity contribution in [3.05, 3.63) is 57.8 Å². The van der Waals surface area contributed by atoms with Crippen LogP contribution in [0.15, 0.2) is 47.3 Å². The van der Waals surface area contributed by atoms with E-state index in [1.54, 1.807) is 18.2 Å². The van der Waals surface area contributed by atoms with E-state index in [0.29, 0.717) is 33.0 Å². The molecule has 4 aromatic rings. The minimum atomic E-state index is -0.300. The summed E-state index contributed by atoms with van der Waals surface area (Å²) < 4.78 is 0. The smallest absolute Gasteiger partial charge is 0.261 e. The summed E-state index contributed by atoms with van der Waals surface area (Å²) >= 11 is 6.22. The minimum absolute atomic E-state index is 0.300. The number of nitrogens with zero attached hydrogens (tertiary/aromatic N) is 1. The zero-order chi connectivity index (χ0) is 15.3. The maximum Gasteiger partial charge on any atom is 0.261 e. The predicted molar refractivity (Wildman–Crippen MR) is 89.1 cm³/mol. The highest BCUT2D eigenvalue weighted by Gasteiger charge is 2.17. The summed E-state index contributed by atoms with van der Waals surface area (Å²) in [4.78, 5) is 22.8. The number of imidazole rings is 1. The van der Waals surface area contributed by atoms with Crippen LogP contribution in [0.3, 0.4) is 0 Å². The van der Waals surface area contributed by atoms with Gasteiger partial charge in [0.2, 0.25) is 0 Å². The summed E-state index contributed by atoms with van der Waals surface area (Å²) in [5.41, 5.74) is 8.76. The third-order valence-electron chi connectivity index (χ3n) is 3.65.